The summed E-state index contributed by atoms with van der Waals surface area (Å²) in [6.45, 7) is 4.13. The van der Waals surface area contributed by atoms with E-state index in [9.17, 15) is 18.0 Å². The molecule has 3 aromatic rings. The fourth-order valence-corrected chi connectivity index (χ4v) is 7.17. The van der Waals surface area contributed by atoms with E-state index in [0.717, 1.165) is 14.5 Å². The van der Waals surface area contributed by atoms with E-state index in [4.69, 9.17) is 15.7 Å². The van der Waals surface area contributed by atoms with Crippen molar-refractivity contribution in [3.05, 3.63) is 51.7 Å². The Kier molecular flexibility index (Phi) is 7.33. The van der Waals surface area contributed by atoms with E-state index in [1.165, 1.54) is 32.9 Å². The topological polar surface area (TPSA) is 172 Å². The average molecular weight is 576 g/mol. The number of benzene rings is 1. The molecule has 1 saturated heterocycles. The van der Waals surface area contributed by atoms with Gasteiger partial charge in [0.2, 0.25) is 0 Å². The van der Waals surface area contributed by atoms with Crippen molar-refractivity contribution in [1.82, 2.24) is 23.5 Å². The Hall–Kier alpha value is -3.53. The van der Waals surface area contributed by atoms with Crippen LogP contribution in [0.4, 0.5) is 0 Å². The van der Waals surface area contributed by atoms with Gasteiger partial charge in [-0.2, -0.15) is 12.7 Å². The molecule has 2 atom stereocenters. The van der Waals surface area contributed by atoms with E-state index in [0.29, 0.717) is 29.3 Å². The van der Waals surface area contributed by atoms with Crippen molar-refractivity contribution < 1.29 is 28.0 Å². The number of fused-ring (bicyclic) bond motifs is 2. The molecule has 0 saturated carbocycles. The van der Waals surface area contributed by atoms with Crippen LogP contribution < -0.4 is 11.1 Å². The second-order valence-electron chi connectivity index (χ2n) is 9.42. The normalized spacial score (nSPS) is 20.7. The van der Waals surface area contributed by atoms with Crippen molar-refractivity contribution in [2.24, 2.45) is 10.9 Å². The molecule has 13 nitrogen and oxygen atoms in total. The van der Waals surface area contributed by atoms with Crippen LogP contribution in [0.2, 0.25) is 0 Å². The Labute approximate surface area is 229 Å². The lowest BCUT2D eigenvalue weighted by Crippen LogP contribution is -2.60. The molecular weight excluding hydrogens is 546 g/mol. The molecule has 0 spiro atoms. The second kappa shape index (κ2) is 10.6. The highest BCUT2D eigenvalue weighted by Crippen LogP contribution is 2.27. The number of nitrogens with zero attached hydrogens (tertiary/aromatic N) is 5. The van der Waals surface area contributed by atoms with Gasteiger partial charge in [0.25, 0.3) is 5.91 Å². The number of aromatic nitrogens is 2. The molecule has 0 aliphatic carbocycles. The number of nitrogens with one attached hydrogen (secondary N) is 1. The summed E-state index contributed by atoms with van der Waals surface area (Å²) in [5.74, 6) is -1.19. The number of carbonyl (C=O) groups excluding carboxylic acids is 2. The predicted octanol–water partition coefficient (Wildman–Crippen LogP) is 0.709. The number of hydrogen-bond donors (Lipinski definition) is 3. The lowest BCUT2D eigenvalue weighted by molar-refractivity contribution is -0.149. The number of rotatable bonds is 6. The first-order valence-corrected chi connectivity index (χ1v) is 14.6. The van der Waals surface area contributed by atoms with Crippen LogP contribution in [0.25, 0.3) is 10.8 Å². The molecule has 39 heavy (non-hydrogen) atoms. The zero-order valence-corrected chi connectivity index (χ0v) is 23.0. The first-order valence-electron chi connectivity index (χ1n) is 12.4. The molecule has 2 aliphatic rings. The monoisotopic (exact) mass is 575 g/mol. The Balaban J connectivity index is 1.41. The number of ether oxygens (including phenoxy) is 1. The van der Waals surface area contributed by atoms with Crippen LogP contribution in [0.5, 0.6) is 0 Å². The molecule has 2 aromatic heterocycles. The minimum atomic E-state index is -4.09. The van der Waals surface area contributed by atoms with Crippen molar-refractivity contribution in [1.29, 1.82) is 0 Å². The van der Waals surface area contributed by atoms with E-state index >= 15 is 0 Å². The van der Waals surface area contributed by atoms with Gasteiger partial charge in [-0.25, -0.2) is 13.8 Å². The molecule has 1 fully saturated rings. The zero-order valence-electron chi connectivity index (χ0n) is 21.4. The van der Waals surface area contributed by atoms with Crippen LogP contribution in [-0.4, -0.2) is 87.8 Å². The van der Waals surface area contributed by atoms with Crippen LogP contribution >= 0.6 is 11.3 Å². The van der Waals surface area contributed by atoms with E-state index in [2.05, 4.69) is 15.5 Å². The molecule has 4 N–H and O–H groups in total. The molecule has 2 aliphatic heterocycles. The Bertz CT molecular complexity index is 1560. The van der Waals surface area contributed by atoms with Gasteiger partial charge in [-0.1, -0.05) is 17.3 Å². The Morgan fingerprint density at radius 2 is 2.05 bits per heavy atom. The Morgan fingerprint density at radius 1 is 1.28 bits per heavy atom. The van der Waals surface area contributed by atoms with Gasteiger partial charge < -0.3 is 25.9 Å². The van der Waals surface area contributed by atoms with Crippen molar-refractivity contribution >= 4 is 50.0 Å². The van der Waals surface area contributed by atoms with Crippen LogP contribution in [0.15, 0.2) is 35.7 Å². The van der Waals surface area contributed by atoms with Crippen molar-refractivity contribution in [3.63, 3.8) is 0 Å². The summed E-state index contributed by atoms with van der Waals surface area (Å²) < 4.78 is 34.6. The van der Waals surface area contributed by atoms with Gasteiger partial charge in [-0.3, -0.25) is 4.79 Å². The number of oxime groups is 1. The molecule has 15 heteroatoms. The highest BCUT2D eigenvalue weighted by Gasteiger charge is 2.42. The summed E-state index contributed by atoms with van der Waals surface area (Å²) >= 11 is 1.29. The van der Waals surface area contributed by atoms with Gasteiger partial charge in [-0.05, 0) is 19.9 Å². The maximum absolute atomic E-state index is 13.6. The summed E-state index contributed by atoms with van der Waals surface area (Å²) in [7, 11) is -4.09. The zero-order chi connectivity index (χ0) is 27.9. The van der Waals surface area contributed by atoms with Crippen LogP contribution in [0.1, 0.15) is 39.8 Å². The molecule has 4 heterocycles. The maximum atomic E-state index is 13.6. The van der Waals surface area contributed by atoms with Gasteiger partial charge in [-0.15, -0.1) is 11.3 Å². The standard InChI is InChI=1S/C24H29N7O6S2/c1-3-37-24(33)19-13-29(6-7-31(19)23(32)22-27-18-8-14(2)26-10-20(18)38-22)39(35,36)30-11-16-5-4-15(21(25)28-34)9-17(16)12-30/h4-5,9,11-12,14,19,26,34H,3,6-8,10,13H2,1-2H3,(H2,25,28). The number of amides is 1. The average Bonchev–Trinajstić information content (AvgIpc) is 3.56. The van der Waals surface area contributed by atoms with Crippen LogP contribution in [0, 0.1) is 0 Å². The summed E-state index contributed by atoms with van der Waals surface area (Å²) in [4.78, 5) is 33.4. The summed E-state index contributed by atoms with van der Waals surface area (Å²) in [5, 5.41) is 16.7. The summed E-state index contributed by atoms with van der Waals surface area (Å²) in [6.07, 6.45) is 3.58. The van der Waals surface area contributed by atoms with Crippen molar-refractivity contribution in [2.45, 2.75) is 38.9 Å². The lowest BCUT2D eigenvalue weighted by Gasteiger charge is -2.38. The molecular formula is C24H29N7O6S2. The van der Waals surface area contributed by atoms with Crippen molar-refractivity contribution in [3.8, 4) is 0 Å². The number of nitrogens with two attached hydrogens (primary N) is 1. The quantitative estimate of drug-likeness (QED) is 0.126. The van der Waals surface area contributed by atoms with Crippen LogP contribution in [0.3, 0.4) is 0 Å². The number of amidine groups is 1. The fraction of sp³-hybridized carbons (Fsp3) is 0.417. The van der Waals surface area contributed by atoms with Crippen molar-refractivity contribution in [2.75, 3.05) is 26.2 Å². The summed E-state index contributed by atoms with van der Waals surface area (Å²) in [5.41, 5.74) is 6.97. The number of hydrogen-bond acceptors (Lipinski definition) is 10. The van der Waals surface area contributed by atoms with Gasteiger partial charge >= 0.3 is 16.2 Å². The number of carbonyl (C=O) groups is 2. The SMILES string of the molecule is CCOC(=O)C1CN(S(=O)(=O)n2cc3ccc(C(N)=NO)cc3c2)CCN1C(=O)c1nc2c(s1)CNC(C)C2. The highest BCUT2D eigenvalue weighted by molar-refractivity contribution is 7.87. The molecule has 1 amide bonds. The molecule has 2 unspecified atom stereocenters. The van der Waals surface area contributed by atoms with E-state index in [-0.39, 0.29) is 43.1 Å². The molecule has 5 rings (SSSR count). The number of piperazine rings is 1. The number of thiazole rings is 1. The molecule has 0 bridgehead atoms. The molecule has 0 radical (unpaired) electrons. The third kappa shape index (κ3) is 5.09. The Morgan fingerprint density at radius 3 is 2.79 bits per heavy atom. The maximum Gasteiger partial charge on any atom is 0.330 e. The minimum Gasteiger partial charge on any atom is -0.464 e. The predicted molar refractivity (Wildman–Crippen MR) is 144 cm³/mol. The number of esters is 1. The van der Waals surface area contributed by atoms with E-state index in [1.54, 1.807) is 25.1 Å². The first-order chi connectivity index (χ1) is 18.6. The smallest absolute Gasteiger partial charge is 0.330 e. The largest absolute Gasteiger partial charge is 0.464 e. The van der Waals surface area contributed by atoms with Crippen LogP contribution in [-0.2, 0) is 32.7 Å². The summed E-state index contributed by atoms with van der Waals surface area (Å²) in [6, 6.07) is 4.01. The lowest BCUT2D eigenvalue weighted by atomic mass is 10.1. The fourth-order valence-electron chi connectivity index (χ4n) is 4.77. The first kappa shape index (κ1) is 27.1. The van der Waals surface area contributed by atoms with E-state index < -0.39 is 28.1 Å². The van der Waals surface area contributed by atoms with Gasteiger partial charge in [0.15, 0.2) is 10.8 Å². The third-order valence-electron chi connectivity index (χ3n) is 6.85. The highest BCUT2D eigenvalue weighted by atomic mass is 32.2. The van der Waals surface area contributed by atoms with Gasteiger partial charge in [0.1, 0.15) is 6.04 Å². The van der Waals surface area contributed by atoms with E-state index in [1.807, 2.05) is 6.92 Å². The third-order valence-corrected chi connectivity index (χ3v) is 9.66. The van der Waals surface area contributed by atoms with Gasteiger partial charge in [0, 0.05) is 72.2 Å². The molecule has 1 aromatic carbocycles. The second-order valence-corrected chi connectivity index (χ2v) is 12.3. The minimum absolute atomic E-state index is 0.00508. The van der Waals surface area contributed by atoms with Gasteiger partial charge in [0.05, 0.1) is 12.3 Å². The molecule has 208 valence electrons.